The number of carbonyl (C=O) groups is 1. The number of aromatic amines is 1. The van der Waals surface area contributed by atoms with Crippen LogP contribution in [0.15, 0.2) is 22.7 Å². The van der Waals surface area contributed by atoms with E-state index in [0.717, 1.165) is 15.7 Å². The number of ether oxygens (including phenoxy) is 1. The van der Waals surface area contributed by atoms with Gasteiger partial charge in [-0.05, 0) is 40.8 Å². The molecule has 0 unspecified atom stereocenters. The Balaban J connectivity index is 2.32. The van der Waals surface area contributed by atoms with Gasteiger partial charge in [0, 0.05) is 31.1 Å². The molecular weight excluding hydrogens is 385 g/mol. The molecule has 0 fully saturated rings. The highest BCUT2D eigenvalue weighted by atomic mass is 127. The molecule has 0 atom stereocenters. The van der Waals surface area contributed by atoms with E-state index in [-0.39, 0.29) is 0 Å². The van der Waals surface area contributed by atoms with Gasteiger partial charge in [-0.3, -0.25) is 4.79 Å². The molecule has 84 valence electrons. The SMILES string of the molecule is O=COCCc1[nH]c2ccc(Br)cc2c1I. The van der Waals surface area contributed by atoms with Gasteiger partial charge in [0.15, 0.2) is 0 Å². The van der Waals surface area contributed by atoms with Crippen molar-refractivity contribution in [2.75, 3.05) is 6.61 Å². The summed E-state index contributed by atoms with van der Waals surface area (Å²) in [5, 5.41) is 1.19. The van der Waals surface area contributed by atoms with Gasteiger partial charge in [0.1, 0.15) is 0 Å². The summed E-state index contributed by atoms with van der Waals surface area (Å²) in [4.78, 5) is 13.4. The molecule has 0 aliphatic carbocycles. The van der Waals surface area contributed by atoms with Crippen LogP contribution in [0, 0.1) is 3.57 Å². The Bertz CT molecular complexity index is 524. The van der Waals surface area contributed by atoms with Crippen LogP contribution in [0.3, 0.4) is 0 Å². The fraction of sp³-hybridized carbons (Fsp3) is 0.182. The monoisotopic (exact) mass is 393 g/mol. The molecule has 2 aromatic rings. The van der Waals surface area contributed by atoms with Crippen LogP contribution in [0.25, 0.3) is 10.9 Å². The quantitative estimate of drug-likeness (QED) is 0.492. The molecule has 0 aliphatic heterocycles. The van der Waals surface area contributed by atoms with Gasteiger partial charge in [-0.15, -0.1) is 0 Å². The smallest absolute Gasteiger partial charge is 0.293 e. The first-order chi connectivity index (χ1) is 7.72. The molecule has 5 heteroatoms. The lowest BCUT2D eigenvalue weighted by atomic mass is 10.2. The minimum atomic E-state index is 0.410. The van der Waals surface area contributed by atoms with E-state index >= 15 is 0 Å². The molecule has 0 spiro atoms. The second-order valence-electron chi connectivity index (χ2n) is 3.32. The molecule has 0 radical (unpaired) electrons. The summed E-state index contributed by atoms with van der Waals surface area (Å²) in [5.41, 5.74) is 2.21. The number of aromatic nitrogens is 1. The molecule has 0 saturated carbocycles. The minimum Gasteiger partial charge on any atom is -0.467 e. The maximum Gasteiger partial charge on any atom is 0.293 e. The fourth-order valence-electron chi connectivity index (χ4n) is 1.57. The van der Waals surface area contributed by atoms with Gasteiger partial charge in [0.05, 0.1) is 6.61 Å². The average molecular weight is 394 g/mol. The molecule has 16 heavy (non-hydrogen) atoms. The lowest BCUT2D eigenvalue weighted by molar-refractivity contribution is -0.128. The number of benzene rings is 1. The minimum absolute atomic E-state index is 0.410. The largest absolute Gasteiger partial charge is 0.467 e. The van der Waals surface area contributed by atoms with E-state index in [4.69, 9.17) is 4.74 Å². The standard InChI is InChI=1S/C11H9BrINO2/c12-7-1-2-9-8(5-7)11(13)10(14-9)3-4-16-6-15/h1-2,5-6,14H,3-4H2. The maximum atomic E-state index is 10.1. The Hall–Kier alpha value is -0.560. The van der Waals surface area contributed by atoms with Crippen LogP contribution in [-0.4, -0.2) is 18.1 Å². The van der Waals surface area contributed by atoms with E-state index in [0.29, 0.717) is 19.5 Å². The van der Waals surface area contributed by atoms with Crippen molar-refractivity contribution >= 4 is 55.9 Å². The van der Waals surface area contributed by atoms with Crippen molar-refractivity contribution in [1.82, 2.24) is 4.98 Å². The molecule has 0 saturated heterocycles. The molecule has 2 rings (SSSR count). The third-order valence-electron chi connectivity index (χ3n) is 2.31. The number of halogens is 2. The normalized spacial score (nSPS) is 10.6. The number of H-pyrrole nitrogens is 1. The number of hydrogen-bond donors (Lipinski definition) is 1. The Kier molecular flexibility index (Phi) is 3.86. The third-order valence-corrected chi connectivity index (χ3v) is 4.03. The van der Waals surface area contributed by atoms with Gasteiger partial charge >= 0.3 is 0 Å². The van der Waals surface area contributed by atoms with E-state index in [1.54, 1.807) is 0 Å². The lowest BCUT2D eigenvalue weighted by Crippen LogP contribution is -1.98. The number of fused-ring (bicyclic) bond motifs is 1. The van der Waals surface area contributed by atoms with E-state index < -0.39 is 0 Å². The summed E-state index contributed by atoms with van der Waals surface area (Å²) in [6, 6.07) is 6.12. The van der Waals surface area contributed by atoms with Gasteiger partial charge in [-0.2, -0.15) is 0 Å². The summed E-state index contributed by atoms with van der Waals surface area (Å²) in [6.45, 7) is 0.888. The van der Waals surface area contributed by atoms with Crippen LogP contribution in [0.1, 0.15) is 5.69 Å². The fourth-order valence-corrected chi connectivity index (χ4v) is 2.78. The van der Waals surface area contributed by atoms with Crippen LogP contribution in [-0.2, 0) is 16.0 Å². The van der Waals surface area contributed by atoms with Crippen molar-refractivity contribution in [2.45, 2.75) is 6.42 Å². The first-order valence-corrected chi connectivity index (χ1v) is 6.60. The summed E-state index contributed by atoms with van der Waals surface area (Å²) in [5.74, 6) is 0. The number of rotatable bonds is 4. The Labute approximate surface area is 115 Å². The predicted octanol–water partition coefficient (Wildman–Crippen LogP) is 3.25. The second-order valence-corrected chi connectivity index (χ2v) is 5.32. The van der Waals surface area contributed by atoms with Crippen LogP contribution in [0.5, 0.6) is 0 Å². The van der Waals surface area contributed by atoms with Crippen molar-refractivity contribution in [1.29, 1.82) is 0 Å². The second kappa shape index (κ2) is 5.18. The van der Waals surface area contributed by atoms with E-state index in [2.05, 4.69) is 49.6 Å². The zero-order chi connectivity index (χ0) is 11.5. The van der Waals surface area contributed by atoms with Gasteiger partial charge in [-0.1, -0.05) is 15.9 Å². The molecule has 1 aromatic carbocycles. The number of hydrogen-bond acceptors (Lipinski definition) is 2. The van der Waals surface area contributed by atoms with Gasteiger partial charge in [0.25, 0.3) is 6.47 Å². The van der Waals surface area contributed by atoms with Crippen LogP contribution in [0.2, 0.25) is 0 Å². The van der Waals surface area contributed by atoms with Crippen molar-refractivity contribution in [3.63, 3.8) is 0 Å². The third kappa shape index (κ3) is 2.40. The molecule has 1 aromatic heterocycles. The molecular formula is C11H9BrINO2. The zero-order valence-electron chi connectivity index (χ0n) is 8.30. The molecule has 0 amide bonds. The highest BCUT2D eigenvalue weighted by molar-refractivity contribution is 14.1. The van der Waals surface area contributed by atoms with E-state index in [1.807, 2.05) is 12.1 Å². The first-order valence-electron chi connectivity index (χ1n) is 4.73. The highest BCUT2D eigenvalue weighted by Gasteiger charge is 2.08. The molecule has 1 heterocycles. The summed E-state index contributed by atoms with van der Waals surface area (Å²) in [6.07, 6.45) is 0.712. The van der Waals surface area contributed by atoms with Crippen LogP contribution >= 0.6 is 38.5 Å². The van der Waals surface area contributed by atoms with Crippen LogP contribution in [0.4, 0.5) is 0 Å². The van der Waals surface area contributed by atoms with Crippen molar-refractivity contribution in [2.24, 2.45) is 0 Å². The number of carbonyl (C=O) groups excluding carboxylic acids is 1. The molecule has 3 nitrogen and oxygen atoms in total. The van der Waals surface area contributed by atoms with Gasteiger partial charge in [-0.25, -0.2) is 0 Å². The number of nitrogens with one attached hydrogen (secondary N) is 1. The van der Waals surface area contributed by atoms with E-state index in [9.17, 15) is 4.79 Å². The Morgan fingerprint density at radius 1 is 1.50 bits per heavy atom. The van der Waals surface area contributed by atoms with Crippen molar-refractivity contribution < 1.29 is 9.53 Å². The lowest BCUT2D eigenvalue weighted by Gasteiger charge is -1.97. The van der Waals surface area contributed by atoms with Gasteiger partial charge < -0.3 is 9.72 Å². The molecule has 0 bridgehead atoms. The first kappa shape index (κ1) is 11.9. The summed E-state index contributed by atoms with van der Waals surface area (Å²) >= 11 is 5.76. The van der Waals surface area contributed by atoms with Crippen LogP contribution < -0.4 is 0 Å². The van der Waals surface area contributed by atoms with Crippen molar-refractivity contribution in [3.05, 3.63) is 31.9 Å². The predicted molar refractivity (Wildman–Crippen MR) is 74.4 cm³/mol. The highest BCUT2D eigenvalue weighted by Crippen LogP contribution is 2.27. The zero-order valence-corrected chi connectivity index (χ0v) is 12.0. The maximum absolute atomic E-state index is 10.1. The van der Waals surface area contributed by atoms with Gasteiger partial charge in [0.2, 0.25) is 0 Å². The summed E-state index contributed by atoms with van der Waals surface area (Å²) in [7, 11) is 0. The molecule has 0 aliphatic rings. The Morgan fingerprint density at radius 3 is 3.06 bits per heavy atom. The Morgan fingerprint density at radius 2 is 2.31 bits per heavy atom. The van der Waals surface area contributed by atoms with E-state index in [1.165, 1.54) is 8.96 Å². The summed E-state index contributed by atoms with van der Waals surface area (Å²) < 4.78 is 6.95. The average Bonchev–Trinajstić information content (AvgIpc) is 2.57. The van der Waals surface area contributed by atoms with Crippen molar-refractivity contribution in [3.8, 4) is 0 Å². The molecule has 1 N–H and O–H groups in total. The topological polar surface area (TPSA) is 42.1 Å².